The summed E-state index contributed by atoms with van der Waals surface area (Å²) < 4.78 is 47.2. The molecule has 1 aromatic heterocycles. The maximum atomic E-state index is 14.1. The van der Waals surface area contributed by atoms with Crippen molar-refractivity contribution < 1.29 is 27.5 Å². The molecule has 138 valence electrons. The Bertz CT molecular complexity index is 882. The van der Waals surface area contributed by atoms with Crippen LogP contribution in [0.15, 0.2) is 12.1 Å². The number of hydrogen-bond acceptors (Lipinski definition) is 4. The Morgan fingerprint density at radius 1 is 1.23 bits per heavy atom. The Kier molecular flexibility index (Phi) is 4.94. The van der Waals surface area contributed by atoms with Gasteiger partial charge in [-0.15, -0.1) is 0 Å². The van der Waals surface area contributed by atoms with Gasteiger partial charge in [-0.3, -0.25) is 4.79 Å². The first-order valence-electron chi connectivity index (χ1n) is 7.74. The molecule has 0 fully saturated rings. The van der Waals surface area contributed by atoms with Gasteiger partial charge >= 0.3 is 6.03 Å². The van der Waals surface area contributed by atoms with Gasteiger partial charge in [-0.25, -0.2) is 18.0 Å². The second-order valence-corrected chi connectivity index (χ2v) is 5.57. The molecule has 0 atom stereocenters. The quantitative estimate of drug-likeness (QED) is 0.801. The van der Waals surface area contributed by atoms with Crippen LogP contribution in [0.5, 0.6) is 0 Å². The number of aromatic nitrogens is 2. The molecule has 10 heteroatoms. The molecule has 0 unspecified atom stereocenters. The number of carbonyl (C=O) groups excluding carboxylic acids is 2. The Hall–Kier alpha value is -2.88. The van der Waals surface area contributed by atoms with Crippen LogP contribution in [0.3, 0.4) is 0 Å². The Labute approximate surface area is 146 Å². The molecule has 0 saturated heterocycles. The molecule has 3 rings (SSSR count). The minimum absolute atomic E-state index is 0.00815. The predicted molar refractivity (Wildman–Crippen MR) is 83.8 cm³/mol. The predicted octanol–water partition coefficient (Wildman–Crippen LogP) is 1.34. The molecule has 2 amide bonds. The summed E-state index contributed by atoms with van der Waals surface area (Å²) in [5, 5.41) is 8.80. The SMILES string of the molecule is CNC(=O)CNC(=O)n1nc(-c2cc(F)c(F)cc2F)c2c1CCOC2. The standard InChI is InChI=1S/C16H15F3N4O3/c1-20-14(24)6-21-16(25)23-13-2-3-26-7-9(13)15(22-23)8-4-11(18)12(19)5-10(8)17/h4-5H,2-3,6-7H2,1H3,(H,20,24)(H,21,25). The van der Waals surface area contributed by atoms with Crippen molar-refractivity contribution in [2.24, 2.45) is 0 Å². The van der Waals surface area contributed by atoms with Gasteiger partial charge in [0, 0.05) is 30.7 Å². The minimum Gasteiger partial charge on any atom is -0.376 e. The second kappa shape index (κ2) is 7.16. The van der Waals surface area contributed by atoms with Crippen LogP contribution in [-0.4, -0.2) is 41.9 Å². The summed E-state index contributed by atoms with van der Waals surface area (Å²) in [4.78, 5) is 23.6. The van der Waals surface area contributed by atoms with E-state index >= 15 is 0 Å². The lowest BCUT2D eigenvalue weighted by molar-refractivity contribution is -0.119. The first-order chi connectivity index (χ1) is 12.4. The largest absolute Gasteiger partial charge is 0.376 e. The number of fused-ring (bicyclic) bond motifs is 1. The average Bonchev–Trinajstić information content (AvgIpc) is 3.02. The first kappa shape index (κ1) is 17.9. The topological polar surface area (TPSA) is 85.3 Å². The summed E-state index contributed by atoms with van der Waals surface area (Å²) in [7, 11) is 1.42. The molecule has 0 saturated carbocycles. The van der Waals surface area contributed by atoms with Crippen molar-refractivity contribution >= 4 is 11.9 Å². The number of nitrogens with zero attached hydrogens (tertiary/aromatic N) is 2. The fourth-order valence-electron chi connectivity index (χ4n) is 2.64. The van der Waals surface area contributed by atoms with Crippen molar-refractivity contribution in [2.45, 2.75) is 13.0 Å². The summed E-state index contributed by atoms with van der Waals surface area (Å²) in [5.74, 6) is -3.97. The number of likely N-dealkylation sites (N-methyl/N-ethyl adjacent to an activating group) is 1. The minimum atomic E-state index is -1.32. The van der Waals surface area contributed by atoms with Crippen molar-refractivity contribution in [1.29, 1.82) is 0 Å². The molecule has 0 spiro atoms. The zero-order valence-corrected chi connectivity index (χ0v) is 13.7. The van der Waals surface area contributed by atoms with Crippen LogP contribution in [0.1, 0.15) is 11.3 Å². The summed E-state index contributed by atoms with van der Waals surface area (Å²) in [6.07, 6.45) is 0.320. The van der Waals surface area contributed by atoms with Gasteiger partial charge < -0.3 is 15.4 Å². The van der Waals surface area contributed by atoms with Crippen LogP contribution in [-0.2, 0) is 22.6 Å². The summed E-state index contributed by atoms with van der Waals surface area (Å²) in [6, 6.07) is 0.418. The van der Waals surface area contributed by atoms with Crippen LogP contribution < -0.4 is 10.6 Å². The van der Waals surface area contributed by atoms with E-state index in [2.05, 4.69) is 15.7 Å². The summed E-state index contributed by atoms with van der Waals surface area (Å²) in [5.41, 5.74) is 0.593. The molecule has 0 bridgehead atoms. The molecule has 0 aliphatic carbocycles. The number of hydrogen-bond donors (Lipinski definition) is 2. The van der Waals surface area contributed by atoms with Gasteiger partial charge in [-0.1, -0.05) is 0 Å². The normalized spacial score (nSPS) is 13.2. The van der Waals surface area contributed by atoms with Gasteiger partial charge in [0.2, 0.25) is 5.91 Å². The number of halogens is 3. The second-order valence-electron chi connectivity index (χ2n) is 5.57. The van der Waals surface area contributed by atoms with E-state index < -0.39 is 29.4 Å². The number of benzene rings is 1. The van der Waals surface area contributed by atoms with Gasteiger partial charge in [0.15, 0.2) is 11.6 Å². The van der Waals surface area contributed by atoms with Crippen molar-refractivity contribution in [2.75, 3.05) is 20.2 Å². The third-order valence-corrected chi connectivity index (χ3v) is 3.96. The molecule has 2 N–H and O–H groups in total. The van der Waals surface area contributed by atoms with E-state index in [0.29, 0.717) is 36.4 Å². The highest BCUT2D eigenvalue weighted by molar-refractivity contribution is 5.85. The molecule has 1 aromatic carbocycles. The van der Waals surface area contributed by atoms with Gasteiger partial charge in [0.1, 0.15) is 11.5 Å². The third-order valence-electron chi connectivity index (χ3n) is 3.96. The fourth-order valence-corrected chi connectivity index (χ4v) is 2.64. The van der Waals surface area contributed by atoms with Gasteiger partial charge in [-0.05, 0) is 6.07 Å². The zero-order chi connectivity index (χ0) is 18.8. The number of nitrogens with one attached hydrogen (secondary N) is 2. The fraction of sp³-hybridized carbons (Fsp3) is 0.312. The third kappa shape index (κ3) is 3.27. The first-order valence-corrected chi connectivity index (χ1v) is 7.74. The van der Waals surface area contributed by atoms with Crippen molar-refractivity contribution in [3.05, 3.63) is 40.8 Å². The van der Waals surface area contributed by atoms with Crippen LogP contribution >= 0.6 is 0 Å². The molecule has 1 aliphatic rings. The molecule has 0 radical (unpaired) electrons. The van der Waals surface area contributed by atoms with E-state index in [0.717, 1.165) is 4.68 Å². The van der Waals surface area contributed by atoms with Crippen LogP contribution in [0.4, 0.5) is 18.0 Å². The van der Waals surface area contributed by atoms with E-state index in [-0.39, 0.29) is 24.4 Å². The van der Waals surface area contributed by atoms with Gasteiger partial charge in [0.05, 0.1) is 25.5 Å². The molecular weight excluding hydrogens is 353 g/mol. The van der Waals surface area contributed by atoms with E-state index in [1.807, 2.05) is 0 Å². The Morgan fingerprint density at radius 2 is 1.96 bits per heavy atom. The smallest absolute Gasteiger partial charge is 0.342 e. The lowest BCUT2D eigenvalue weighted by atomic mass is 10.0. The van der Waals surface area contributed by atoms with E-state index in [9.17, 15) is 22.8 Å². The van der Waals surface area contributed by atoms with Crippen LogP contribution in [0.25, 0.3) is 11.3 Å². The number of ether oxygens (including phenoxy) is 1. The lowest BCUT2D eigenvalue weighted by Gasteiger charge is -2.14. The number of carbonyl (C=O) groups is 2. The molecule has 2 aromatic rings. The maximum Gasteiger partial charge on any atom is 0.342 e. The molecular formula is C16H15F3N4O3. The molecule has 2 heterocycles. The Morgan fingerprint density at radius 3 is 2.69 bits per heavy atom. The molecule has 26 heavy (non-hydrogen) atoms. The highest BCUT2D eigenvalue weighted by Gasteiger charge is 2.27. The number of rotatable bonds is 3. The van der Waals surface area contributed by atoms with E-state index in [1.54, 1.807) is 0 Å². The average molecular weight is 368 g/mol. The monoisotopic (exact) mass is 368 g/mol. The lowest BCUT2D eigenvalue weighted by Crippen LogP contribution is -2.38. The summed E-state index contributed by atoms with van der Waals surface area (Å²) in [6.45, 7) is 0.0995. The van der Waals surface area contributed by atoms with Crippen molar-refractivity contribution in [3.63, 3.8) is 0 Å². The Balaban J connectivity index is 2.03. The highest BCUT2D eigenvalue weighted by Crippen LogP contribution is 2.31. The summed E-state index contributed by atoms with van der Waals surface area (Å²) >= 11 is 0. The van der Waals surface area contributed by atoms with E-state index in [1.165, 1.54) is 7.05 Å². The van der Waals surface area contributed by atoms with Crippen molar-refractivity contribution in [3.8, 4) is 11.3 Å². The maximum absolute atomic E-state index is 14.1. The molecule has 7 nitrogen and oxygen atoms in total. The zero-order valence-electron chi connectivity index (χ0n) is 13.7. The van der Waals surface area contributed by atoms with Crippen LogP contribution in [0.2, 0.25) is 0 Å². The number of amides is 2. The van der Waals surface area contributed by atoms with Gasteiger partial charge in [-0.2, -0.15) is 9.78 Å². The van der Waals surface area contributed by atoms with Crippen molar-refractivity contribution in [1.82, 2.24) is 20.4 Å². The van der Waals surface area contributed by atoms with Crippen LogP contribution in [0, 0.1) is 17.5 Å². The van der Waals surface area contributed by atoms with Gasteiger partial charge in [0.25, 0.3) is 0 Å². The highest BCUT2D eigenvalue weighted by atomic mass is 19.2. The molecule has 1 aliphatic heterocycles. The van der Waals surface area contributed by atoms with E-state index in [4.69, 9.17) is 4.74 Å².